The van der Waals surface area contributed by atoms with Crippen molar-refractivity contribution in [1.82, 2.24) is 0 Å². The van der Waals surface area contributed by atoms with Gasteiger partial charge in [0.05, 0.1) is 0 Å². The van der Waals surface area contributed by atoms with Crippen LogP contribution in [0.4, 0.5) is 0 Å². The number of hydrogen-bond donors (Lipinski definition) is 1. The summed E-state index contributed by atoms with van der Waals surface area (Å²) < 4.78 is 0. The Kier molecular flexibility index (Phi) is 3.80. The second-order valence-corrected chi connectivity index (χ2v) is 4.87. The van der Waals surface area contributed by atoms with Crippen LogP contribution in [0.15, 0.2) is 47.4 Å². The normalized spacial score (nSPS) is 10.4. The van der Waals surface area contributed by atoms with Crippen molar-refractivity contribution in [2.24, 2.45) is 0 Å². The van der Waals surface area contributed by atoms with Crippen molar-refractivity contribution < 1.29 is 0 Å². The van der Waals surface area contributed by atoms with Crippen LogP contribution in [0.3, 0.4) is 0 Å². The highest BCUT2D eigenvalue weighted by Crippen LogP contribution is 2.25. The molecule has 0 spiro atoms. The van der Waals surface area contributed by atoms with Gasteiger partial charge in [-0.3, -0.25) is 0 Å². The molecular weight excluding hydrogens is 259 g/mol. The Morgan fingerprint density at radius 1 is 0.938 bits per heavy atom. The minimum absolute atomic E-state index is 0.660. The molecule has 0 saturated carbocycles. The lowest BCUT2D eigenvalue weighted by Gasteiger charge is -2.07. The highest BCUT2D eigenvalue weighted by Gasteiger charge is 2.04. The molecule has 0 saturated heterocycles. The van der Waals surface area contributed by atoms with Gasteiger partial charge in [0, 0.05) is 21.4 Å². The Morgan fingerprint density at radius 2 is 1.69 bits per heavy atom. The van der Waals surface area contributed by atoms with Gasteiger partial charge in [-0.05, 0) is 29.3 Å². The monoisotopic (exact) mass is 268 g/mol. The Balaban J connectivity index is 2.31. The van der Waals surface area contributed by atoms with Crippen LogP contribution in [0.2, 0.25) is 10.0 Å². The van der Waals surface area contributed by atoms with E-state index in [9.17, 15) is 0 Å². The maximum Gasteiger partial charge on any atom is 0.0456 e. The van der Waals surface area contributed by atoms with Crippen LogP contribution in [0.5, 0.6) is 0 Å². The number of hydrogen-bond acceptors (Lipinski definition) is 1. The van der Waals surface area contributed by atoms with E-state index < -0.39 is 0 Å². The molecule has 2 aromatic carbocycles. The molecule has 3 heteroatoms. The van der Waals surface area contributed by atoms with Gasteiger partial charge in [0.25, 0.3) is 0 Å². The Morgan fingerprint density at radius 3 is 2.38 bits per heavy atom. The molecule has 0 radical (unpaired) electrons. The van der Waals surface area contributed by atoms with E-state index in [1.165, 1.54) is 0 Å². The van der Waals surface area contributed by atoms with Gasteiger partial charge in [-0.25, -0.2) is 0 Å². The third-order valence-corrected chi connectivity index (χ3v) is 3.41. The van der Waals surface area contributed by atoms with Gasteiger partial charge < -0.3 is 0 Å². The molecular formula is C13H10Cl2S. The molecule has 0 aromatic heterocycles. The summed E-state index contributed by atoms with van der Waals surface area (Å²) >= 11 is 16.4. The Bertz CT molecular complexity index is 509. The minimum atomic E-state index is 0.660. The quantitative estimate of drug-likeness (QED) is 0.738. The van der Waals surface area contributed by atoms with Crippen LogP contribution in [-0.4, -0.2) is 0 Å². The SMILES string of the molecule is Sc1ccccc1Cc1ccc(Cl)cc1Cl. The summed E-state index contributed by atoms with van der Waals surface area (Å²) in [4.78, 5) is 0.980. The molecule has 2 aromatic rings. The van der Waals surface area contributed by atoms with E-state index in [4.69, 9.17) is 23.2 Å². The predicted molar refractivity (Wildman–Crippen MR) is 73.0 cm³/mol. The first kappa shape index (κ1) is 11.8. The van der Waals surface area contributed by atoms with Crippen LogP contribution in [0.1, 0.15) is 11.1 Å². The number of rotatable bonds is 2. The topological polar surface area (TPSA) is 0 Å². The van der Waals surface area contributed by atoms with Crippen LogP contribution < -0.4 is 0 Å². The number of benzene rings is 2. The maximum atomic E-state index is 6.12. The molecule has 0 nitrogen and oxygen atoms in total. The van der Waals surface area contributed by atoms with Crippen molar-refractivity contribution in [2.75, 3.05) is 0 Å². The number of halogens is 2. The molecule has 0 unspecified atom stereocenters. The van der Waals surface area contributed by atoms with E-state index in [-0.39, 0.29) is 0 Å². The average molecular weight is 269 g/mol. The van der Waals surface area contributed by atoms with Crippen molar-refractivity contribution in [3.05, 3.63) is 63.6 Å². The zero-order chi connectivity index (χ0) is 11.5. The van der Waals surface area contributed by atoms with E-state index in [1.807, 2.05) is 36.4 Å². The summed E-state index contributed by atoms with van der Waals surface area (Å²) in [5.41, 5.74) is 2.22. The zero-order valence-electron chi connectivity index (χ0n) is 8.45. The van der Waals surface area contributed by atoms with Crippen LogP contribution in [0, 0.1) is 0 Å². The predicted octanol–water partition coefficient (Wildman–Crippen LogP) is 4.87. The van der Waals surface area contributed by atoms with Crippen molar-refractivity contribution >= 4 is 35.8 Å². The molecule has 82 valence electrons. The summed E-state index contributed by atoms with van der Waals surface area (Å²) in [6, 6.07) is 13.6. The molecule has 0 fully saturated rings. The van der Waals surface area contributed by atoms with Gasteiger partial charge in [0.1, 0.15) is 0 Å². The third kappa shape index (κ3) is 2.73. The van der Waals surface area contributed by atoms with Crippen molar-refractivity contribution in [3.8, 4) is 0 Å². The fourth-order valence-electron chi connectivity index (χ4n) is 1.53. The van der Waals surface area contributed by atoms with Crippen molar-refractivity contribution in [3.63, 3.8) is 0 Å². The lowest BCUT2D eigenvalue weighted by molar-refractivity contribution is 1.13. The van der Waals surface area contributed by atoms with E-state index in [0.717, 1.165) is 22.4 Å². The van der Waals surface area contributed by atoms with E-state index in [1.54, 1.807) is 6.07 Å². The molecule has 0 aliphatic rings. The third-order valence-electron chi connectivity index (χ3n) is 2.39. The standard InChI is InChI=1S/C13H10Cl2S/c14-11-6-5-9(12(15)8-11)7-10-3-1-2-4-13(10)16/h1-6,8,16H,7H2. The second kappa shape index (κ2) is 5.13. The summed E-state index contributed by atoms with van der Waals surface area (Å²) in [7, 11) is 0. The smallest absolute Gasteiger partial charge is 0.0456 e. The fourth-order valence-corrected chi connectivity index (χ4v) is 2.25. The summed E-state index contributed by atoms with van der Waals surface area (Å²) in [6.07, 6.45) is 0.773. The summed E-state index contributed by atoms with van der Waals surface area (Å²) in [5.74, 6) is 0. The molecule has 2 rings (SSSR count). The van der Waals surface area contributed by atoms with E-state index >= 15 is 0 Å². The van der Waals surface area contributed by atoms with Gasteiger partial charge in [-0.2, -0.15) is 0 Å². The van der Waals surface area contributed by atoms with Gasteiger partial charge >= 0.3 is 0 Å². The first-order valence-corrected chi connectivity index (χ1v) is 6.08. The molecule has 16 heavy (non-hydrogen) atoms. The summed E-state index contributed by atoms with van der Waals surface area (Å²) in [5, 5.41) is 1.36. The number of thiol groups is 1. The maximum absolute atomic E-state index is 6.12. The van der Waals surface area contributed by atoms with Crippen molar-refractivity contribution in [1.29, 1.82) is 0 Å². The Labute approximate surface area is 111 Å². The molecule has 0 aliphatic heterocycles. The Hall–Kier alpha value is -0.630. The average Bonchev–Trinajstić information content (AvgIpc) is 2.25. The van der Waals surface area contributed by atoms with Gasteiger partial charge in [0.2, 0.25) is 0 Å². The molecule has 0 heterocycles. The van der Waals surface area contributed by atoms with Crippen molar-refractivity contribution in [2.45, 2.75) is 11.3 Å². The first-order valence-electron chi connectivity index (χ1n) is 4.87. The highest BCUT2D eigenvalue weighted by molar-refractivity contribution is 7.80. The molecule has 0 atom stereocenters. The molecule has 0 aliphatic carbocycles. The molecule has 0 N–H and O–H groups in total. The lowest BCUT2D eigenvalue weighted by atomic mass is 10.1. The highest BCUT2D eigenvalue weighted by atomic mass is 35.5. The lowest BCUT2D eigenvalue weighted by Crippen LogP contribution is -1.90. The molecule has 0 bridgehead atoms. The van der Waals surface area contributed by atoms with Crippen LogP contribution >= 0.6 is 35.8 Å². The fraction of sp³-hybridized carbons (Fsp3) is 0.0769. The van der Waals surface area contributed by atoms with Crippen LogP contribution in [0.25, 0.3) is 0 Å². The first-order chi connectivity index (χ1) is 7.66. The molecule has 0 amide bonds. The van der Waals surface area contributed by atoms with Gasteiger partial charge in [-0.1, -0.05) is 47.5 Å². The largest absolute Gasteiger partial charge is 0.143 e. The van der Waals surface area contributed by atoms with E-state index in [0.29, 0.717) is 10.0 Å². The second-order valence-electron chi connectivity index (χ2n) is 3.54. The van der Waals surface area contributed by atoms with Gasteiger partial charge in [-0.15, -0.1) is 12.6 Å². The minimum Gasteiger partial charge on any atom is -0.143 e. The van der Waals surface area contributed by atoms with Crippen LogP contribution in [-0.2, 0) is 6.42 Å². The zero-order valence-corrected chi connectivity index (χ0v) is 10.9. The summed E-state index contributed by atoms with van der Waals surface area (Å²) in [6.45, 7) is 0. The van der Waals surface area contributed by atoms with Gasteiger partial charge in [0.15, 0.2) is 0 Å². The van der Waals surface area contributed by atoms with E-state index in [2.05, 4.69) is 12.6 Å².